The Morgan fingerprint density at radius 1 is 1.21 bits per heavy atom. The minimum atomic E-state index is -4.60. The number of aromatic nitrogens is 2. The molecule has 3 rings (SSSR count). The highest BCUT2D eigenvalue weighted by Gasteiger charge is 2.48. The summed E-state index contributed by atoms with van der Waals surface area (Å²) >= 11 is 5.96. The molecule has 1 amide bonds. The van der Waals surface area contributed by atoms with E-state index in [9.17, 15) is 18.0 Å². The summed E-state index contributed by atoms with van der Waals surface area (Å²) in [6.45, 7) is 1.55. The zero-order chi connectivity index (χ0) is 17.7. The first-order valence-corrected chi connectivity index (χ1v) is 7.15. The van der Waals surface area contributed by atoms with E-state index in [2.05, 4.69) is 15.3 Å². The molecule has 1 aliphatic rings. The molecule has 0 unspecified atom stereocenters. The maximum Gasteiger partial charge on any atom is 0.433 e. The molecule has 0 bridgehead atoms. The molecule has 0 radical (unpaired) electrons. The van der Waals surface area contributed by atoms with Crippen molar-refractivity contribution in [2.24, 2.45) is 0 Å². The summed E-state index contributed by atoms with van der Waals surface area (Å²) in [4.78, 5) is 20.0. The van der Waals surface area contributed by atoms with E-state index >= 15 is 0 Å². The number of methoxy groups -OCH3 is 1. The van der Waals surface area contributed by atoms with Gasteiger partial charge in [-0.25, -0.2) is 4.98 Å². The molecule has 1 aliphatic heterocycles. The quantitative estimate of drug-likeness (QED) is 0.894. The monoisotopic (exact) mass is 357 g/mol. The molecule has 0 aliphatic carbocycles. The second kappa shape index (κ2) is 5.34. The first-order chi connectivity index (χ1) is 11.2. The third-order valence-corrected chi connectivity index (χ3v) is 4.19. The zero-order valence-corrected chi connectivity index (χ0v) is 13.3. The summed E-state index contributed by atoms with van der Waals surface area (Å²) in [6.07, 6.45) is -2.21. The lowest BCUT2D eigenvalue weighted by Crippen LogP contribution is -2.33. The van der Waals surface area contributed by atoms with Crippen molar-refractivity contribution in [3.05, 3.63) is 46.4 Å². The molecule has 9 heteroatoms. The molecule has 1 N–H and O–H groups in total. The zero-order valence-electron chi connectivity index (χ0n) is 12.5. The Morgan fingerprint density at radius 2 is 1.92 bits per heavy atom. The molecule has 24 heavy (non-hydrogen) atoms. The molecule has 2 aromatic heterocycles. The van der Waals surface area contributed by atoms with Crippen LogP contribution < -0.4 is 10.1 Å². The lowest BCUT2D eigenvalue weighted by Gasteiger charge is -2.24. The van der Waals surface area contributed by atoms with Crippen molar-refractivity contribution in [2.45, 2.75) is 18.5 Å². The van der Waals surface area contributed by atoms with Crippen LogP contribution in [0.1, 0.15) is 23.7 Å². The number of nitrogens with zero attached hydrogens (tertiary/aromatic N) is 2. The van der Waals surface area contributed by atoms with Gasteiger partial charge in [0, 0.05) is 29.2 Å². The highest BCUT2D eigenvalue weighted by molar-refractivity contribution is 6.30. The number of amides is 1. The summed E-state index contributed by atoms with van der Waals surface area (Å²) in [6, 6.07) is 2.31. The normalized spacial score (nSPS) is 19.8. The molecule has 0 fully saturated rings. The van der Waals surface area contributed by atoms with E-state index in [1.807, 2.05) is 0 Å². The minimum absolute atomic E-state index is 0.0480. The van der Waals surface area contributed by atoms with Crippen LogP contribution in [0.4, 0.5) is 18.9 Å². The average Bonchev–Trinajstić information content (AvgIpc) is 2.78. The van der Waals surface area contributed by atoms with E-state index in [4.69, 9.17) is 16.3 Å². The van der Waals surface area contributed by atoms with Crippen LogP contribution in [0.2, 0.25) is 5.02 Å². The minimum Gasteiger partial charge on any atom is -0.481 e. The van der Waals surface area contributed by atoms with Gasteiger partial charge in [-0.2, -0.15) is 13.2 Å². The van der Waals surface area contributed by atoms with Crippen LogP contribution in [0.5, 0.6) is 5.88 Å². The Balaban J connectivity index is 2.21. The van der Waals surface area contributed by atoms with Crippen LogP contribution in [0, 0.1) is 0 Å². The highest BCUT2D eigenvalue weighted by Crippen LogP contribution is 2.46. The van der Waals surface area contributed by atoms with Gasteiger partial charge in [0.05, 0.1) is 12.1 Å². The van der Waals surface area contributed by atoms with E-state index < -0.39 is 23.2 Å². The first kappa shape index (κ1) is 16.5. The van der Waals surface area contributed by atoms with Gasteiger partial charge >= 0.3 is 6.18 Å². The van der Waals surface area contributed by atoms with Crippen molar-refractivity contribution in [1.82, 2.24) is 9.97 Å². The molecule has 0 saturated heterocycles. The Labute approximate surface area is 139 Å². The molecule has 1 atom stereocenters. The smallest absolute Gasteiger partial charge is 0.433 e. The van der Waals surface area contributed by atoms with Gasteiger partial charge < -0.3 is 10.1 Å². The van der Waals surface area contributed by atoms with Gasteiger partial charge in [0.2, 0.25) is 11.8 Å². The van der Waals surface area contributed by atoms with Crippen molar-refractivity contribution in [2.75, 3.05) is 12.4 Å². The van der Waals surface area contributed by atoms with Gasteiger partial charge in [-0.3, -0.25) is 9.78 Å². The largest absolute Gasteiger partial charge is 0.481 e. The molecule has 0 aromatic carbocycles. The number of fused-ring (bicyclic) bond motifs is 1. The molecule has 5 nitrogen and oxygen atoms in total. The number of hydrogen-bond donors (Lipinski definition) is 1. The fourth-order valence-corrected chi connectivity index (χ4v) is 2.85. The highest BCUT2D eigenvalue weighted by atomic mass is 35.5. The number of anilines is 1. The number of pyridine rings is 2. The van der Waals surface area contributed by atoms with Crippen molar-refractivity contribution < 1.29 is 22.7 Å². The van der Waals surface area contributed by atoms with Gasteiger partial charge in [0.1, 0.15) is 11.1 Å². The van der Waals surface area contributed by atoms with Gasteiger partial charge in [-0.05, 0) is 19.1 Å². The molecular formula is C15H11ClF3N3O2. The third-order valence-electron chi connectivity index (χ3n) is 3.99. The SMILES string of the molecule is COc1ncc(Cl)cc1[C@]1(C)C(=O)Nc2cc(C(F)(F)F)ncc21. The third kappa shape index (κ3) is 2.37. The van der Waals surface area contributed by atoms with Gasteiger partial charge in [-0.15, -0.1) is 0 Å². The maximum atomic E-state index is 12.8. The van der Waals surface area contributed by atoms with Crippen LogP contribution in [0.3, 0.4) is 0 Å². The summed E-state index contributed by atoms with van der Waals surface area (Å²) in [5, 5.41) is 2.74. The Hall–Kier alpha value is -2.35. The molecular weight excluding hydrogens is 347 g/mol. The molecule has 126 valence electrons. The van der Waals surface area contributed by atoms with Gasteiger partial charge in [0.15, 0.2) is 0 Å². The predicted molar refractivity (Wildman–Crippen MR) is 80.1 cm³/mol. The number of alkyl halides is 3. The van der Waals surface area contributed by atoms with Gasteiger partial charge in [-0.1, -0.05) is 11.6 Å². The summed E-state index contributed by atoms with van der Waals surface area (Å²) < 4.78 is 43.6. The lowest BCUT2D eigenvalue weighted by atomic mass is 9.78. The fraction of sp³-hybridized carbons (Fsp3) is 0.267. The van der Waals surface area contributed by atoms with E-state index in [0.29, 0.717) is 11.1 Å². The van der Waals surface area contributed by atoms with Crippen molar-refractivity contribution in [3.8, 4) is 5.88 Å². The number of rotatable bonds is 2. The standard InChI is InChI=1S/C15H11ClF3N3O2/c1-14(8-3-7(16)5-21-12(8)24-2)9-6-20-11(15(17,18)19)4-10(9)22-13(14)23/h3-6H,1-2H3,(H,22,23)/t14-/m0/s1. The summed E-state index contributed by atoms with van der Waals surface area (Å²) in [5.41, 5.74) is -1.72. The van der Waals surface area contributed by atoms with Gasteiger partial charge in [0.25, 0.3) is 0 Å². The summed E-state index contributed by atoms with van der Waals surface area (Å²) in [7, 11) is 1.38. The molecule has 0 spiro atoms. The molecule has 0 saturated carbocycles. The van der Waals surface area contributed by atoms with Crippen LogP contribution in [0.25, 0.3) is 0 Å². The fourth-order valence-electron chi connectivity index (χ4n) is 2.70. The molecule has 2 aromatic rings. The van der Waals surface area contributed by atoms with E-state index in [-0.39, 0.29) is 16.6 Å². The average molecular weight is 358 g/mol. The maximum absolute atomic E-state index is 12.8. The Kier molecular flexibility index (Phi) is 3.67. The van der Waals surface area contributed by atoms with Crippen LogP contribution >= 0.6 is 11.6 Å². The lowest BCUT2D eigenvalue weighted by molar-refractivity contribution is -0.141. The van der Waals surface area contributed by atoms with E-state index in [1.165, 1.54) is 19.4 Å². The second-order valence-corrected chi connectivity index (χ2v) is 5.84. The van der Waals surface area contributed by atoms with Crippen LogP contribution in [0.15, 0.2) is 24.5 Å². The number of halogens is 4. The van der Waals surface area contributed by atoms with Crippen molar-refractivity contribution in [1.29, 1.82) is 0 Å². The number of carbonyl (C=O) groups excluding carboxylic acids is 1. The van der Waals surface area contributed by atoms with Crippen LogP contribution in [-0.4, -0.2) is 23.0 Å². The van der Waals surface area contributed by atoms with Crippen molar-refractivity contribution in [3.63, 3.8) is 0 Å². The first-order valence-electron chi connectivity index (χ1n) is 6.77. The number of hydrogen-bond acceptors (Lipinski definition) is 4. The summed E-state index contributed by atoms with van der Waals surface area (Å²) in [5.74, 6) is -0.356. The number of nitrogens with one attached hydrogen (secondary N) is 1. The molecule has 3 heterocycles. The van der Waals surface area contributed by atoms with E-state index in [0.717, 1.165) is 12.3 Å². The topological polar surface area (TPSA) is 64.1 Å². The van der Waals surface area contributed by atoms with Crippen LogP contribution in [-0.2, 0) is 16.4 Å². The Bertz CT molecular complexity index is 841. The predicted octanol–water partition coefficient (Wildman–Crippen LogP) is 3.42. The number of ether oxygens (including phenoxy) is 1. The van der Waals surface area contributed by atoms with E-state index in [1.54, 1.807) is 6.92 Å². The second-order valence-electron chi connectivity index (χ2n) is 5.40. The number of carbonyl (C=O) groups is 1. The Morgan fingerprint density at radius 3 is 2.54 bits per heavy atom. The van der Waals surface area contributed by atoms with Crippen molar-refractivity contribution >= 4 is 23.2 Å².